The Morgan fingerprint density at radius 2 is 1.59 bits per heavy atom. The van der Waals surface area contributed by atoms with Crippen molar-refractivity contribution < 1.29 is 9.53 Å². The largest absolute Gasteiger partial charge is 0.464 e. The second-order valence-corrected chi connectivity index (χ2v) is 4.90. The topological polar surface area (TPSA) is 44.1 Å². The average molecular weight is 292 g/mol. The second-order valence-electron chi connectivity index (χ2n) is 4.90. The molecule has 0 amide bonds. The number of imidazole rings is 1. The molecule has 3 rings (SSSR count). The molecule has 1 aromatic heterocycles. The SMILES string of the molecule is COC(=O)c1nc(-c2ccccc2)n(-c2ccccc2)c1C. The molecule has 0 spiro atoms. The molecule has 2 aromatic carbocycles. The normalized spacial score (nSPS) is 10.5. The predicted octanol–water partition coefficient (Wildman–Crippen LogP) is 3.63. The molecule has 0 radical (unpaired) electrons. The number of methoxy groups -OCH3 is 1. The lowest BCUT2D eigenvalue weighted by Gasteiger charge is -2.10. The Balaban J connectivity index is 2.26. The molecule has 0 aliphatic carbocycles. The highest BCUT2D eigenvalue weighted by molar-refractivity contribution is 5.89. The molecule has 0 atom stereocenters. The van der Waals surface area contributed by atoms with Crippen molar-refractivity contribution in [3.8, 4) is 17.1 Å². The average Bonchev–Trinajstić information content (AvgIpc) is 2.93. The van der Waals surface area contributed by atoms with Gasteiger partial charge in [-0.1, -0.05) is 48.5 Å². The first-order valence-corrected chi connectivity index (χ1v) is 7.01. The molecule has 0 aliphatic rings. The fourth-order valence-electron chi connectivity index (χ4n) is 2.47. The van der Waals surface area contributed by atoms with Gasteiger partial charge in [0, 0.05) is 11.3 Å². The summed E-state index contributed by atoms with van der Waals surface area (Å²) >= 11 is 0. The van der Waals surface area contributed by atoms with Crippen LogP contribution in [0, 0.1) is 6.92 Å². The van der Waals surface area contributed by atoms with E-state index in [4.69, 9.17) is 4.74 Å². The molecule has 3 aromatic rings. The third kappa shape index (κ3) is 2.39. The molecule has 4 nitrogen and oxygen atoms in total. The fourth-order valence-corrected chi connectivity index (χ4v) is 2.47. The van der Waals surface area contributed by atoms with E-state index in [0.717, 1.165) is 22.8 Å². The van der Waals surface area contributed by atoms with Gasteiger partial charge in [0.25, 0.3) is 0 Å². The van der Waals surface area contributed by atoms with Crippen LogP contribution in [-0.2, 0) is 4.74 Å². The molecule has 110 valence electrons. The number of para-hydroxylation sites is 1. The van der Waals surface area contributed by atoms with Gasteiger partial charge in [0.05, 0.1) is 12.8 Å². The van der Waals surface area contributed by atoms with Crippen LogP contribution in [0.25, 0.3) is 17.1 Å². The summed E-state index contributed by atoms with van der Waals surface area (Å²) < 4.78 is 6.82. The summed E-state index contributed by atoms with van der Waals surface area (Å²) in [6.45, 7) is 1.87. The summed E-state index contributed by atoms with van der Waals surface area (Å²) in [7, 11) is 1.37. The van der Waals surface area contributed by atoms with Crippen molar-refractivity contribution in [2.75, 3.05) is 7.11 Å². The van der Waals surface area contributed by atoms with Crippen LogP contribution in [-0.4, -0.2) is 22.6 Å². The zero-order valence-electron chi connectivity index (χ0n) is 12.5. The van der Waals surface area contributed by atoms with Gasteiger partial charge in [0.15, 0.2) is 5.69 Å². The van der Waals surface area contributed by atoms with Crippen LogP contribution < -0.4 is 0 Å². The number of benzene rings is 2. The molecule has 0 N–H and O–H groups in total. The summed E-state index contributed by atoms with van der Waals surface area (Å²) in [4.78, 5) is 16.5. The van der Waals surface area contributed by atoms with E-state index in [0.29, 0.717) is 5.69 Å². The van der Waals surface area contributed by atoms with Gasteiger partial charge >= 0.3 is 5.97 Å². The first kappa shape index (κ1) is 14.1. The highest BCUT2D eigenvalue weighted by Gasteiger charge is 2.21. The molecule has 1 heterocycles. The van der Waals surface area contributed by atoms with Crippen molar-refractivity contribution in [2.24, 2.45) is 0 Å². The van der Waals surface area contributed by atoms with Gasteiger partial charge in [-0.2, -0.15) is 0 Å². The number of ether oxygens (including phenoxy) is 1. The van der Waals surface area contributed by atoms with Gasteiger partial charge in [0.1, 0.15) is 5.82 Å². The Morgan fingerprint density at radius 3 is 2.18 bits per heavy atom. The lowest BCUT2D eigenvalue weighted by Crippen LogP contribution is -2.05. The van der Waals surface area contributed by atoms with Crippen molar-refractivity contribution in [1.29, 1.82) is 0 Å². The lowest BCUT2D eigenvalue weighted by molar-refractivity contribution is 0.0594. The maximum atomic E-state index is 12.0. The smallest absolute Gasteiger partial charge is 0.358 e. The zero-order chi connectivity index (χ0) is 15.5. The minimum Gasteiger partial charge on any atom is -0.464 e. The fraction of sp³-hybridized carbons (Fsp3) is 0.111. The van der Waals surface area contributed by atoms with Gasteiger partial charge in [-0.3, -0.25) is 4.57 Å². The first-order chi connectivity index (χ1) is 10.7. The van der Waals surface area contributed by atoms with Crippen LogP contribution in [0.1, 0.15) is 16.2 Å². The number of nitrogens with zero attached hydrogens (tertiary/aromatic N) is 2. The molecule has 0 bridgehead atoms. The Bertz CT molecular complexity index is 793. The Morgan fingerprint density at radius 1 is 1.00 bits per heavy atom. The van der Waals surface area contributed by atoms with E-state index in [9.17, 15) is 4.79 Å². The summed E-state index contributed by atoms with van der Waals surface area (Å²) in [5.41, 5.74) is 3.01. The summed E-state index contributed by atoms with van der Waals surface area (Å²) in [6.07, 6.45) is 0. The van der Waals surface area contributed by atoms with Crippen molar-refractivity contribution in [3.05, 3.63) is 72.1 Å². The van der Waals surface area contributed by atoms with E-state index in [1.807, 2.05) is 72.2 Å². The van der Waals surface area contributed by atoms with Gasteiger partial charge in [-0.15, -0.1) is 0 Å². The van der Waals surface area contributed by atoms with Crippen LogP contribution in [0.2, 0.25) is 0 Å². The highest BCUT2D eigenvalue weighted by atomic mass is 16.5. The number of carbonyl (C=O) groups is 1. The Kier molecular flexibility index (Phi) is 3.74. The van der Waals surface area contributed by atoms with Crippen molar-refractivity contribution in [3.63, 3.8) is 0 Å². The molecular formula is C18H16N2O2. The van der Waals surface area contributed by atoms with Crippen LogP contribution >= 0.6 is 0 Å². The van der Waals surface area contributed by atoms with Gasteiger partial charge in [0.2, 0.25) is 0 Å². The van der Waals surface area contributed by atoms with Crippen molar-refractivity contribution >= 4 is 5.97 Å². The van der Waals surface area contributed by atoms with E-state index in [1.54, 1.807) is 0 Å². The molecule has 0 saturated heterocycles. The quantitative estimate of drug-likeness (QED) is 0.692. The molecule has 4 heteroatoms. The number of rotatable bonds is 3. The van der Waals surface area contributed by atoms with Crippen molar-refractivity contribution in [2.45, 2.75) is 6.92 Å². The van der Waals surface area contributed by atoms with E-state index < -0.39 is 5.97 Å². The molecule has 0 unspecified atom stereocenters. The predicted molar refractivity (Wildman–Crippen MR) is 85.1 cm³/mol. The molecule has 0 saturated carbocycles. The monoisotopic (exact) mass is 292 g/mol. The molecular weight excluding hydrogens is 276 g/mol. The maximum absolute atomic E-state index is 12.0. The number of carbonyl (C=O) groups excluding carboxylic acids is 1. The van der Waals surface area contributed by atoms with Gasteiger partial charge < -0.3 is 4.74 Å². The number of esters is 1. The first-order valence-electron chi connectivity index (χ1n) is 7.01. The molecule has 0 fully saturated rings. The standard InChI is InChI=1S/C18H16N2O2/c1-13-16(18(21)22-2)19-17(14-9-5-3-6-10-14)20(13)15-11-7-4-8-12-15/h3-12H,1-2H3. The van der Waals surface area contributed by atoms with E-state index in [1.165, 1.54) is 7.11 Å². The minimum absolute atomic E-state index is 0.338. The number of hydrogen-bond acceptors (Lipinski definition) is 3. The minimum atomic E-state index is -0.427. The van der Waals surface area contributed by atoms with E-state index >= 15 is 0 Å². The second kappa shape index (κ2) is 5.85. The Labute approximate surface area is 129 Å². The summed E-state index contributed by atoms with van der Waals surface area (Å²) in [6, 6.07) is 19.7. The summed E-state index contributed by atoms with van der Waals surface area (Å²) in [5.74, 6) is 0.300. The lowest BCUT2D eigenvalue weighted by atomic mass is 10.2. The Hall–Kier alpha value is -2.88. The van der Waals surface area contributed by atoms with Gasteiger partial charge in [-0.05, 0) is 19.1 Å². The van der Waals surface area contributed by atoms with Crippen LogP contribution in [0.5, 0.6) is 0 Å². The molecule has 22 heavy (non-hydrogen) atoms. The van der Waals surface area contributed by atoms with Crippen LogP contribution in [0.15, 0.2) is 60.7 Å². The van der Waals surface area contributed by atoms with Crippen LogP contribution in [0.4, 0.5) is 0 Å². The van der Waals surface area contributed by atoms with E-state index in [2.05, 4.69) is 4.98 Å². The van der Waals surface area contributed by atoms with Gasteiger partial charge in [-0.25, -0.2) is 9.78 Å². The zero-order valence-corrected chi connectivity index (χ0v) is 12.5. The van der Waals surface area contributed by atoms with Crippen LogP contribution in [0.3, 0.4) is 0 Å². The van der Waals surface area contributed by atoms with Crippen molar-refractivity contribution in [1.82, 2.24) is 9.55 Å². The highest BCUT2D eigenvalue weighted by Crippen LogP contribution is 2.26. The number of hydrogen-bond donors (Lipinski definition) is 0. The maximum Gasteiger partial charge on any atom is 0.358 e. The third-order valence-corrected chi connectivity index (χ3v) is 3.53. The number of aromatic nitrogens is 2. The molecule has 0 aliphatic heterocycles. The summed E-state index contributed by atoms with van der Waals surface area (Å²) in [5, 5.41) is 0. The third-order valence-electron chi connectivity index (χ3n) is 3.53. The van der Waals surface area contributed by atoms with E-state index in [-0.39, 0.29) is 0 Å².